The van der Waals surface area contributed by atoms with E-state index in [1.807, 2.05) is 20.8 Å². The molecule has 0 saturated heterocycles. The Morgan fingerprint density at radius 1 is 1.44 bits per heavy atom. The highest BCUT2D eigenvalue weighted by Crippen LogP contribution is 2.18. The maximum absolute atomic E-state index is 10.2. The van der Waals surface area contributed by atoms with Crippen molar-refractivity contribution in [3.05, 3.63) is 34.9 Å². The number of benzene rings is 1. The molecule has 0 aromatic heterocycles. The van der Waals surface area contributed by atoms with Crippen molar-refractivity contribution in [3.63, 3.8) is 0 Å². The van der Waals surface area contributed by atoms with Crippen LogP contribution in [-0.2, 0) is 0 Å². The van der Waals surface area contributed by atoms with Gasteiger partial charge < -0.3 is 10.4 Å². The molecule has 0 bridgehead atoms. The van der Waals surface area contributed by atoms with Gasteiger partial charge in [-0.15, -0.1) is 0 Å². The van der Waals surface area contributed by atoms with Gasteiger partial charge in [0.1, 0.15) is 0 Å². The molecule has 1 rings (SSSR count). The van der Waals surface area contributed by atoms with Gasteiger partial charge in [-0.3, -0.25) is 0 Å². The van der Waals surface area contributed by atoms with E-state index in [4.69, 9.17) is 15.7 Å². The molecule has 1 unspecified atom stereocenters. The Balaban J connectivity index is 2.86. The summed E-state index contributed by atoms with van der Waals surface area (Å²) in [7, 11) is 0. The second-order valence-corrected chi connectivity index (χ2v) is 5.12. The number of aliphatic hydroxyl groups is 1. The van der Waals surface area contributed by atoms with Crippen molar-refractivity contribution < 1.29 is 9.22 Å². The third-order valence-corrected chi connectivity index (χ3v) is 2.15. The van der Waals surface area contributed by atoms with E-state index in [2.05, 4.69) is 5.32 Å². The third kappa shape index (κ3) is 4.97. The van der Waals surface area contributed by atoms with Gasteiger partial charge >= 0.3 is 0 Å². The highest BCUT2D eigenvalue weighted by Gasteiger charge is 2.11. The fraction of sp³-hybridized carbons (Fsp3) is 0.538. The van der Waals surface area contributed by atoms with Crippen molar-refractivity contribution in [1.82, 2.24) is 5.32 Å². The van der Waals surface area contributed by atoms with Crippen LogP contribution in [0.25, 0.3) is 0 Å². The molecule has 0 saturated carbocycles. The zero-order valence-corrected chi connectivity index (χ0v) is 10.6. The van der Waals surface area contributed by atoms with Crippen molar-refractivity contribution in [1.29, 1.82) is 0 Å². The molecule has 2 nitrogen and oxygen atoms in total. The SMILES string of the molecule is [2H]C([2H])(CC([2H])(O)c1ccc(Cl)cc1)NC(C)(C)C. The van der Waals surface area contributed by atoms with Crippen LogP contribution in [0.15, 0.2) is 24.3 Å². The van der Waals surface area contributed by atoms with Crippen LogP contribution in [0.5, 0.6) is 0 Å². The van der Waals surface area contributed by atoms with Gasteiger partial charge in [-0.2, -0.15) is 0 Å². The first-order chi connectivity index (χ1) is 8.41. The zero-order valence-electron chi connectivity index (χ0n) is 12.8. The molecule has 0 spiro atoms. The fourth-order valence-corrected chi connectivity index (χ4v) is 1.26. The third-order valence-electron chi connectivity index (χ3n) is 1.90. The van der Waals surface area contributed by atoms with Crippen LogP contribution < -0.4 is 5.32 Å². The van der Waals surface area contributed by atoms with Gasteiger partial charge in [-0.05, 0) is 51.4 Å². The first kappa shape index (κ1) is 9.46. The van der Waals surface area contributed by atoms with Gasteiger partial charge in [0.15, 0.2) is 0 Å². The molecule has 0 heterocycles. The van der Waals surface area contributed by atoms with Gasteiger partial charge in [0.2, 0.25) is 0 Å². The molecule has 1 atom stereocenters. The minimum absolute atomic E-state index is 0.316. The normalized spacial score (nSPS) is 19.4. The molecule has 16 heavy (non-hydrogen) atoms. The molecule has 0 fully saturated rings. The summed E-state index contributed by atoms with van der Waals surface area (Å²) in [4.78, 5) is 0. The molecule has 1 aromatic carbocycles. The van der Waals surface area contributed by atoms with Crippen LogP contribution in [0.1, 0.15) is 42.9 Å². The van der Waals surface area contributed by atoms with E-state index in [9.17, 15) is 5.11 Å². The van der Waals surface area contributed by atoms with Crippen LogP contribution >= 0.6 is 11.6 Å². The Hall–Kier alpha value is -0.570. The topological polar surface area (TPSA) is 32.3 Å². The van der Waals surface area contributed by atoms with Crippen molar-refractivity contribution in [2.45, 2.75) is 38.8 Å². The van der Waals surface area contributed by atoms with Gasteiger partial charge in [0.25, 0.3) is 0 Å². The second kappa shape index (κ2) is 5.67. The average Bonchev–Trinajstić information content (AvgIpc) is 2.11. The highest BCUT2D eigenvalue weighted by atomic mass is 35.5. The lowest BCUT2D eigenvalue weighted by Gasteiger charge is -2.21. The molecule has 0 radical (unpaired) electrons. The van der Waals surface area contributed by atoms with E-state index in [0.29, 0.717) is 10.6 Å². The van der Waals surface area contributed by atoms with E-state index in [1.54, 1.807) is 12.1 Å². The summed E-state index contributed by atoms with van der Waals surface area (Å²) in [6.45, 7) is 3.64. The maximum atomic E-state index is 10.2. The van der Waals surface area contributed by atoms with Gasteiger partial charge in [-0.1, -0.05) is 23.7 Å². The number of nitrogens with one attached hydrogen (secondary N) is 1. The Kier molecular flexibility index (Phi) is 3.35. The Bertz CT molecular complexity index is 427. The standard InChI is InChI=1S/C13H20ClNO/c1-13(2,3)15-9-8-12(16)10-4-6-11(14)7-5-10/h4-7,12,15-16H,8-9H2,1-3H3/i9D2,12D. The van der Waals surface area contributed by atoms with Crippen molar-refractivity contribution >= 4 is 11.6 Å². The predicted molar refractivity (Wildman–Crippen MR) is 68.8 cm³/mol. The van der Waals surface area contributed by atoms with Gasteiger partial charge in [-0.25, -0.2) is 0 Å². The minimum Gasteiger partial charge on any atom is -0.388 e. The Morgan fingerprint density at radius 3 is 2.50 bits per heavy atom. The summed E-state index contributed by atoms with van der Waals surface area (Å²) in [5, 5.41) is 13.4. The Morgan fingerprint density at radius 2 is 2.00 bits per heavy atom. The van der Waals surface area contributed by atoms with E-state index < -0.39 is 18.1 Å². The average molecular weight is 245 g/mol. The molecule has 0 aliphatic carbocycles. The zero-order chi connectivity index (χ0) is 14.9. The van der Waals surface area contributed by atoms with Crippen molar-refractivity contribution in [2.75, 3.05) is 6.50 Å². The van der Waals surface area contributed by atoms with Crippen LogP contribution in [0.2, 0.25) is 5.02 Å². The van der Waals surface area contributed by atoms with E-state index in [-0.39, 0.29) is 6.42 Å². The van der Waals surface area contributed by atoms with Crippen LogP contribution in [0, 0.1) is 0 Å². The lowest BCUT2D eigenvalue weighted by atomic mass is 10.1. The summed E-state index contributed by atoms with van der Waals surface area (Å²) in [6, 6.07) is 6.21. The molecule has 0 amide bonds. The fourth-order valence-electron chi connectivity index (χ4n) is 1.14. The quantitative estimate of drug-likeness (QED) is 0.853. The van der Waals surface area contributed by atoms with Gasteiger partial charge in [0, 0.05) is 13.3 Å². The Labute approximate surface area is 107 Å². The molecular weight excluding hydrogens is 222 g/mol. The molecule has 90 valence electrons. The van der Waals surface area contributed by atoms with Crippen LogP contribution in [0.3, 0.4) is 0 Å². The lowest BCUT2D eigenvalue weighted by molar-refractivity contribution is 0.163. The first-order valence-corrected chi connectivity index (χ1v) is 5.57. The van der Waals surface area contributed by atoms with Crippen LogP contribution in [0.4, 0.5) is 0 Å². The van der Waals surface area contributed by atoms with Crippen molar-refractivity contribution in [2.24, 2.45) is 0 Å². The number of halogens is 1. The smallest absolute Gasteiger partial charge is 0.0802 e. The monoisotopic (exact) mass is 244 g/mol. The summed E-state index contributed by atoms with van der Waals surface area (Å²) in [5.41, 5.74) is -0.129. The van der Waals surface area contributed by atoms with E-state index in [0.717, 1.165) is 0 Å². The summed E-state index contributed by atoms with van der Waals surface area (Å²) in [5.74, 6) is 0. The summed E-state index contributed by atoms with van der Waals surface area (Å²) >= 11 is 5.75. The van der Waals surface area contributed by atoms with E-state index >= 15 is 0 Å². The first-order valence-electron chi connectivity index (χ1n) is 6.69. The molecule has 0 aliphatic rings. The molecule has 0 aliphatic heterocycles. The molecule has 1 aromatic rings. The molecule has 3 heteroatoms. The largest absolute Gasteiger partial charge is 0.388 e. The predicted octanol–water partition coefficient (Wildman–Crippen LogP) is 3.15. The number of hydrogen-bond acceptors (Lipinski definition) is 2. The summed E-state index contributed by atoms with van der Waals surface area (Å²) < 4.78 is 23.7. The molecule has 2 N–H and O–H groups in total. The lowest BCUT2D eigenvalue weighted by Crippen LogP contribution is -2.36. The maximum Gasteiger partial charge on any atom is 0.0802 e. The number of hydrogen-bond donors (Lipinski definition) is 2. The minimum atomic E-state index is -2.01. The second-order valence-electron chi connectivity index (χ2n) is 4.68. The van der Waals surface area contributed by atoms with Gasteiger partial charge in [0.05, 0.1) is 7.45 Å². The summed E-state index contributed by atoms with van der Waals surface area (Å²) in [6.07, 6.45) is -2.38. The molecular formula is C13H20ClNO. The number of rotatable bonds is 4. The van der Waals surface area contributed by atoms with Crippen LogP contribution in [-0.4, -0.2) is 17.1 Å². The highest BCUT2D eigenvalue weighted by molar-refractivity contribution is 6.30. The van der Waals surface area contributed by atoms with E-state index in [1.165, 1.54) is 12.1 Å². The van der Waals surface area contributed by atoms with Crippen molar-refractivity contribution in [3.8, 4) is 0 Å².